The van der Waals surface area contributed by atoms with Crippen LogP contribution in [0.3, 0.4) is 0 Å². The first-order chi connectivity index (χ1) is 16.2. The third kappa shape index (κ3) is 7.48. The summed E-state index contributed by atoms with van der Waals surface area (Å²) in [7, 11) is 0. The Balaban J connectivity index is 1.52. The molecule has 4 N–H and O–H groups in total. The molecule has 0 atom stereocenters. The van der Waals surface area contributed by atoms with E-state index in [1.807, 2.05) is 51.1 Å². The van der Waals surface area contributed by atoms with Crippen LogP contribution in [0.4, 0.5) is 17.1 Å². The van der Waals surface area contributed by atoms with E-state index in [9.17, 15) is 14.4 Å². The van der Waals surface area contributed by atoms with Gasteiger partial charge in [-0.3, -0.25) is 14.4 Å². The van der Waals surface area contributed by atoms with E-state index in [-0.39, 0.29) is 24.3 Å². The van der Waals surface area contributed by atoms with E-state index in [1.165, 1.54) is 0 Å². The first-order valence-electron chi connectivity index (χ1n) is 11.1. The van der Waals surface area contributed by atoms with Gasteiger partial charge in [-0.15, -0.1) is 0 Å². The fourth-order valence-electron chi connectivity index (χ4n) is 3.03. The molecule has 0 aliphatic rings. The molecule has 34 heavy (non-hydrogen) atoms. The zero-order chi connectivity index (χ0) is 24.6. The lowest BCUT2D eigenvalue weighted by molar-refractivity contribution is -0.123. The molecule has 0 saturated carbocycles. The molecule has 0 aromatic heterocycles. The highest BCUT2D eigenvalue weighted by Gasteiger charge is 2.21. The summed E-state index contributed by atoms with van der Waals surface area (Å²) >= 11 is 0. The molecular formula is C27H30N4O3. The van der Waals surface area contributed by atoms with Crippen molar-refractivity contribution in [3.8, 4) is 0 Å². The molecule has 3 rings (SSSR count). The molecule has 7 heteroatoms. The van der Waals surface area contributed by atoms with Gasteiger partial charge in [-0.25, -0.2) is 0 Å². The van der Waals surface area contributed by atoms with Gasteiger partial charge in [0.05, 0.1) is 6.54 Å². The maximum atomic E-state index is 12.5. The van der Waals surface area contributed by atoms with Crippen molar-refractivity contribution in [3.63, 3.8) is 0 Å². The third-order valence-corrected chi connectivity index (χ3v) is 4.96. The van der Waals surface area contributed by atoms with E-state index in [0.717, 1.165) is 5.56 Å². The number of carbonyl (C=O) groups excluding carboxylic acids is 3. The van der Waals surface area contributed by atoms with Crippen LogP contribution < -0.4 is 21.3 Å². The van der Waals surface area contributed by atoms with E-state index in [2.05, 4.69) is 21.3 Å². The van der Waals surface area contributed by atoms with Gasteiger partial charge in [0.2, 0.25) is 11.8 Å². The Bertz CT molecular complexity index is 1150. The van der Waals surface area contributed by atoms with Gasteiger partial charge in [-0.1, -0.05) is 63.2 Å². The molecule has 0 unspecified atom stereocenters. The number of amides is 3. The largest absolute Gasteiger partial charge is 0.376 e. The zero-order valence-corrected chi connectivity index (χ0v) is 19.6. The molecule has 0 bridgehead atoms. The van der Waals surface area contributed by atoms with Crippen LogP contribution in [0.25, 0.3) is 0 Å². The van der Waals surface area contributed by atoms with E-state index in [0.29, 0.717) is 29.2 Å². The van der Waals surface area contributed by atoms with Crippen LogP contribution in [0.2, 0.25) is 0 Å². The van der Waals surface area contributed by atoms with Crippen LogP contribution in [0, 0.1) is 5.41 Å². The highest BCUT2D eigenvalue weighted by atomic mass is 16.2. The highest BCUT2D eigenvalue weighted by Crippen LogP contribution is 2.20. The van der Waals surface area contributed by atoms with Gasteiger partial charge in [-0.2, -0.15) is 0 Å². The van der Waals surface area contributed by atoms with E-state index >= 15 is 0 Å². The Morgan fingerprint density at radius 1 is 0.735 bits per heavy atom. The summed E-state index contributed by atoms with van der Waals surface area (Å²) in [6.07, 6.45) is 0. The summed E-state index contributed by atoms with van der Waals surface area (Å²) in [5.74, 6) is -0.547. The minimum atomic E-state index is -0.518. The van der Waals surface area contributed by atoms with Gasteiger partial charge in [0.1, 0.15) is 0 Å². The third-order valence-electron chi connectivity index (χ3n) is 4.96. The van der Waals surface area contributed by atoms with Crippen LogP contribution in [0.15, 0.2) is 78.9 Å². The van der Waals surface area contributed by atoms with Crippen molar-refractivity contribution in [1.82, 2.24) is 5.32 Å². The van der Waals surface area contributed by atoms with Crippen LogP contribution >= 0.6 is 0 Å². The standard InChI is InChI=1S/C27H30N4O3/c1-27(2,3)26(34)31-23-14-8-13-22(16-23)30-24(32)18-28-21-12-7-11-20(15-21)25(33)29-17-19-9-5-4-6-10-19/h4-16,28H,17-18H2,1-3H3,(H,29,33)(H,30,32)(H,31,34). The van der Waals surface area contributed by atoms with E-state index in [1.54, 1.807) is 48.5 Å². The number of hydrogen-bond acceptors (Lipinski definition) is 4. The first kappa shape index (κ1) is 24.5. The molecule has 0 aliphatic heterocycles. The van der Waals surface area contributed by atoms with Crippen molar-refractivity contribution in [2.75, 3.05) is 22.5 Å². The monoisotopic (exact) mass is 458 g/mol. The van der Waals surface area contributed by atoms with Crippen LogP contribution in [0.1, 0.15) is 36.7 Å². The molecule has 3 aromatic carbocycles. The minimum Gasteiger partial charge on any atom is -0.376 e. The lowest BCUT2D eigenvalue weighted by Gasteiger charge is -2.18. The Labute approximate surface area is 200 Å². The summed E-state index contributed by atoms with van der Waals surface area (Å²) in [5.41, 5.74) is 2.85. The average Bonchev–Trinajstić information content (AvgIpc) is 2.82. The van der Waals surface area contributed by atoms with Gasteiger partial charge >= 0.3 is 0 Å². The summed E-state index contributed by atoms with van der Waals surface area (Å²) < 4.78 is 0. The van der Waals surface area contributed by atoms with Gasteiger partial charge in [-0.05, 0) is 42.0 Å². The van der Waals surface area contributed by atoms with Crippen LogP contribution in [0.5, 0.6) is 0 Å². The summed E-state index contributed by atoms with van der Waals surface area (Å²) in [6.45, 7) is 5.97. The maximum absolute atomic E-state index is 12.5. The molecule has 176 valence electrons. The Morgan fingerprint density at radius 3 is 2.09 bits per heavy atom. The number of carbonyl (C=O) groups is 3. The van der Waals surface area contributed by atoms with Crippen molar-refractivity contribution in [2.24, 2.45) is 5.41 Å². The molecule has 7 nitrogen and oxygen atoms in total. The predicted octanol–water partition coefficient (Wildman–Crippen LogP) is 4.65. The fourth-order valence-corrected chi connectivity index (χ4v) is 3.03. The van der Waals surface area contributed by atoms with Crippen LogP contribution in [-0.4, -0.2) is 24.3 Å². The second-order valence-electron chi connectivity index (χ2n) is 8.94. The number of hydrogen-bond donors (Lipinski definition) is 4. The van der Waals surface area contributed by atoms with Gasteiger partial charge in [0.15, 0.2) is 0 Å². The average molecular weight is 459 g/mol. The Hall–Kier alpha value is -4.13. The van der Waals surface area contributed by atoms with Crippen molar-refractivity contribution in [2.45, 2.75) is 27.3 Å². The van der Waals surface area contributed by atoms with Crippen LogP contribution in [-0.2, 0) is 16.1 Å². The molecule has 0 aliphatic carbocycles. The second kappa shape index (κ2) is 11.1. The van der Waals surface area contributed by atoms with Crippen molar-refractivity contribution >= 4 is 34.8 Å². The smallest absolute Gasteiger partial charge is 0.251 e. The normalized spacial score (nSPS) is 10.8. The maximum Gasteiger partial charge on any atom is 0.251 e. The summed E-state index contributed by atoms with van der Waals surface area (Å²) in [4.78, 5) is 37.1. The van der Waals surface area contributed by atoms with Gasteiger partial charge < -0.3 is 21.3 Å². The SMILES string of the molecule is CC(C)(C)C(=O)Nc1cccc(NC(=O)CNc2cccc(C(=O)NCc3ccccc3)c2)c1. The lowest BCUT2D eigenvalue weighted by atomic mass is 9.95. The van der Waals surface area contributed by atoms with Gasteiger partial charge in [0, 0.05) is 34.6 Å². The minimum absolute atomic E-state index is 0.0215. The number of benzene rings is 3. The molecule has 0 radical (unpaired) electrons. The van der Waals surface area contributed by atoms with E-state index < -0.39 is 5.41 Å². The molecule has 0 fully saturated rings. The summed E-state index contributed by atoms with van der Waals surface area (Å²) in [5, 5.41) is 11.6. The highest BCUT2D eigenvalue weighted by molar-refractivity contribution is 5.98. The zero-order valence-electron chi connectivity index (χ0n) is 19.6. The topological polar surface area (TPSA) is 99.3 Å². The quantitative estimate of drug-likeness (QED) is 0.395. The molecule has 0 heterocycles. The molecule has 0 spiro atoms. The van der Waals surface area contributed by atoms with E-state index in [4.69, 9.17) is 0 Å². The number of nitrogens with one attached hydrogen (secondary N) is 4. The molecular weight excluding hydrogens is 428 g/mol. The number of anilines is 3. The molecule has 0 saturated heterocycles. The lowest BCUT2D eigenvalue weighted by Crippen LogP contribution is -2.27. The van der Waals surface area contributed by atoms with Crippen molar-refractivity contribution in [3.05, 3.63) is 90.0 Å². The van der Waals surface area contributed by atoms with Gasteiger partial charge in [0.25, 0.3) is 5.91 Å². The Morgan fingerprint density at radius 2 is 1.38 bits per heavy atom. The molecule has 3 aromatic rings. The Kier molecular flexibility index (Phi) is 8.03. The number of rotatable bonds is 8. The van der Waals surface area contributed by atoms with Crippen molar-refractivity contribution < 1.29 is 14.4 Å². The first-order valence-corrected chi connectivity index (χ1v) is 11.1. The summed E-state index contributed by atoms with van der Waals surface area (Å²) in [6, 6.07) is 23.7. The second-order valence-corrected chi connectivity index (χ2v) is 8.94. The predicted molar refractivity (Wildman–Crippen MR) is 136 cm³/mol. The van der Waals surface area contributed by atoms with Crippen molar-refractivity contribution in [1.29, 1.82) is 0 Å². The molecule has 3 amide bonds. The fraction of sp³-hybridized carbons (Fsp3) is 0.222.